The van der Waals surface area contributed by atoms with Crippen LogP contribution in [0.5, 0.6) is 0 Å². The molecule has 2 aliphatic heterocycles. The first-order chi connectivity index (χ1) is 13.7. The number of piperidine rings is 1. The van der Waals surface area contributed by atoms with Gasteiger partial charge >= 0.3 is 0 Å². The van der Waals surface area contributed by atoms with E-state index in [1.165, 1.54) is 5.56 Å². The lowest BCUT2D eigenvalue weighted by atomic mass is 10.0. The maximum Gasteiger partial charge on any atom is 0.237 e. The molecule has 1 aromatic heterocycles. The molecule has 0 bridgehead atoms. The summed E-state index contributed by atoms with van der Waals surface area (Å²) in [6, 6.07) is 12.8. The van der Waals surface area contributed by atoms with E-state index in [1.807, 2.05) is 11.4 Å². The number of nitrogens with one attached hydrogen (secondary N) is 1. The van der Waals surface area contributed by atoms with E-state index in [4.69, 9.17) is 0 Å². The average molecular weight is 400 g/mol. The summed E-state index contributed by atoms with van der Waals surface area (Å²) >= 11 is 1.64. The molecule has 6 heteroatoms. The predicted octanol–water partition coefficient (Wildman–Crippen LogP) is 2.46. The van der Waals surface area contributed by atoms with E-state index in [9.17, 15) is 9.90 Å². The maximum atomic E-state index is 12.8. The average Bonchev–Trinajstić information content (AvgIpc) is 3.37. The highest BCUT2D eigenvalue weighted by atomic mass is 32.1. The quantitative estimate of drug-likeness (QED) is 0.784. The van der Waals surface area contributed by atoms with Crippen LogP contribution in [0, 0.1) is 0 Å². The first-order valence-corrected chi connectivity index (χ1v) is 11.1. The number of carbonyl (C=O) groups excluding carboxylic acids is 1. The number of nitrogens with zero attached hydrogens (tertiary/aromatic N) is 2. The number of amides is 1. The zero-order valence-electron chi connectivity index (χ0n) is 16.2. The summed E-state index contributed by atoms with van der Waals surface area (Å²) in [5.74, 6) is 0.0504. The molecule has 1 amide bonds. The molecule has 2 atom stereocenters. The third-order valence-corrected chi connectivity index (χ3v) is 6.67. The molecule has 0 spiro atoms. The number of hydrogen-bond acceptors (Lipinski definition) is 5. The molecule has 0 aliphatic carbocycles. The van der Waals surface area contributed by atoms with Crippen LogP contribution in [0.15, 0.2) is 47.2 Å². The molecule has 1 aromatic carbocycles. The van der Waals surface area contributed by atoms with Crippen LogP contribution >= 0.6 is 11.3 Å². The van der Waals surface area contributed by atoms with E-state index in [2.05, 4.69) is 50.8 Å². The van der Waals surface area contributed by atoms with Crippen LogP contribution < -0.4 is 5.32 Å². The number of likely N-dealkylation sites (tertiary alicyclic amines) is 2. The number of rotatable bonds is 6. The van der Waals surface area contributed by atoms with Gasteiger partial charge in [0.2, 0.25) is 5.91 Å². The standard InChI is InChI=1S/C22H29N3O2S/c26-20-12-21(22(27)23-13-18-8-11-28-16-18)25(15-20)19-6-9-24(10-7-19)14-17-4-2-1-3-5-17/h1-5,8,11,16,19-21,26H,6-7,9-10,12-15H2,(H,23,27)/t20-,21+/m1/s1. The fraction of sp³-hybridized carbons (Fsp3) is 0.500. The number of aliphatic hydroxyl groups is 1. The van der Waals surface area contributed by atoms with E-state index in [-0.39, 0.29) is 11.9 Å². The first-order valence-electron chi connectivity index (χ1n) is 10.2. The Kier molecular flexibility index (Phi) is 6.42. The van der Waals surface area contributed by atoms with Gasteiger partial charge in [-0.3, -0.25) is 14.6 Å². The zero-order valence-corrected chi connectivity index (χ0v) is 17.0. The van der Waals surface area contributed by atoms with E-state index >= 15 is 0 Å². The minimum absolute atomic E-state index is 0.0504. The third-order valence-electron chi connectivity index (χ3n) is 5.94. The smallest absolute Gasteiger partial charge is 0.237 e. The largest absolute Gasteiger partial charge is 0.392 e. The van der Waals surface area contributed by atoms with Gasteiger partial charge in [-0.15, -0.1) is 0 Å². The fourth-order valence-corrected chi connectivity index (χ4v) is 5.12. The number of benzene rings is 1. The van der Waals surface area contributed by atoms with Gasteiger partial charge in [-0.2, -0.15) is 11.3 Å². The molecule has 0 unspecified atom stereocenters. The van der Waals surface area contributed by atoms with Crippen LogP contribution in [0.25, 0.3) is 0 Å². The molecule has 0 radical (unpaired) electrons. The minimum atomic E-state index is -0.403. The molecule has 150 valence electrons. The molecule has 3 heterocycles. The summed E-state index contributed by atoms with van der Waals surface area (Å²) in [5, 5.41) is 17.4. The Bertz CT molecular complexity index is 744. The normalized spacial score (nSPS) is 24.5. The SMILES string of the molecule is O=C(NCc1ccsc1)[C@@H]1C[C@@H](O)CN1C1CCN(Cc2ccccc2)CC1. The second-order valence-corrected chi connectivity index (χ2v) is 8.72. The predicted molar refractivity (Wildman–Crippen MR) is 112 cm³/mol. The van der Waals surface area contributed by atoms with Crippen molar-refractivity contribution in [2.24, 2.45) is 0 Å². The molecular weight excluding hydrogens is 370 g/mol. The molecule has 28 heavy (non-hydrogen) atoms. The Balaban J connectivity index is 1.30. The van der Waals surface area contributed by atoms with Gasteiger partial charge in [0, 0.05) is 25.7 Å². The van der Waals surface area contributed by atoms with Crippen LogP contribution in [-0.4, -0.2) is 58.6 Å². The van der Waals surface area contributed by atoms with Gasteiger partial charge in [-0.05, 0) is 60.3 Å². The lowest BCUT2D eigenvalue weighted by Gasteiger charge is -2.38. The highest BCUT2D eigenvalue weighted by Gasteiger charge is 2.40. The molecule has 0 saturated carbocycles. The summed E-state index contributed by atoms with van der Waals surface area (Å²) in [6.45, 7) is 4.24. The summed E-state index contributed by atoms with van der Waals surface area (Å²) in [5.41, 5.74) is 2.49. The maximum absolute atomic E-state index is 12.8. The van der Waals surface area contributed by atoms with E-state index in [0.717, 1.165) is 38.0 Å². The van der Waals surface area contributed by atoms with Crippen molar-refractivity contribution >= 4 is 17.2 Å². The Labute approximate surface area is 171 Å². The second kappa shape index (κ2) is 9.18. The molecule has 4 rings (SSSR count). The highest BCUT2D eigenvalue weighted by molar-refractivity contribution is 7.07. The number of carbonyl (C=O) groups is 1. The van der Waals surface area contributed by atoms with Crippen molar-refractivity contribution in [3.05, 3.63) is 58.3 Å². The van der Waals surface area contributed by atoms with Gasteiger partial charge in [-0.25, -0.2) is 0 Å². The van der Waals surface area contributed by atoms with Crippen molar-refractivity contribution in [1.82, 2.24) is 15.1 Å². The molecule has 2 N–H and O–H groups in total. The fourth-order valence-electron chi connectivity index (χ4n) is 4.45. The molecule has 2 saturated heterocycles. The van der Waals surface area contributed by atoms with Crippen molar-refractivity contribution in [3.63, 3.8) is 0 Å². The zero-order chi connectivity index (χ0) is 19.3. The van der Waals surface area contributed by atoms with E-state index in [1.54, 1.807) is 11.3 Å². The van der Waals surface area contributed by atoms with Gasteiger partial charge < -0.3 is 10.4 Å². The number of hydrogen-bond donors (Lipinski definition) is 2. The monoisotopic (exact) mass is 399 g/mol. The molecular formula is C22H29N3O2S. The van der Waals surface area contributed by atoms with Crippen LogP contribution in [0.1, 0.15) is 30.4 Å². The van der Waals surface area contributed by atoms with Crippen LogP contribution in [0.3, 0.4) is 0 Å². The number of β-amino-alcohol motifs (C(OH)–C–C–N with tert-alkyl or cyclic N) is 1. The van der Waals surface area contributed by atoms with Crippen LogP contribution in [0.4, 0.5) is 0 Å². The molecule has 5 nitrogen and oxygen atoms in total. The Morgan fingerprint density at radius 2 is 1.93 bits per heavy atom. The van der Waals surface area contributed by atoms with Crippen molar-refractivity contribution < 1.29 is 9.90 Å². The van der Waals surface area contributed by atoms with Gasteiger partial charge in [0.25, 0.3) is 0 Å². The summed E-state index contributed by atoms with van der Waals surface area (Å²) in [4.78, 5) is 17.5. The lowest BCUT2D eigenvalue weighted by Crippen LogP contribution is -2.51. The molecule has 2 fully saturated rings. The van der Waals surface area contributed by atoms with Crippen molar-refractivity contribution in [2.75, 3.05) is 19.6 Å². The summed E-state index contributed by atoms with van der Waals surface area (Å²) in [6.07, 6.45) is 2.24. The minimum Gasteiger partial charge on any atom is -0.392 e. The molecule has 2 aromatic rings. The van der Waals surface area contributed by atoms with Crippen LogP contribution in [0.2, 0.25) is 0 Å². The number of aliphatic hydroxyl groups excluding tert-OH is 1. The molecule has 2 aliphatic rings. The van der Waals surface area contributed by atoms with Gasteiger partial charge in [-0.1, -0.05) is 30.3 Å². The van der Waals surface area contributed by atoms with Gasteiger partial charge in [0.15, 0.2) is 0 Å². The second-order valence-electron chi connectivity index (χ2n) is 7.94. The Morgan fingerprint density at radius 1 is 1.14 bits per heavy atom. The first kappa shape index (κ1) is 19.6. The Hall–Kier alpha value is -1.73. The number of thiophene rings is 1. The van der Waals surface area contributed by atoms with Gasteiger partial charge in [0.05, 0.1) is 12.1 Å². The Morgan fingerprint density at radius 3 is 2.64 bits per heavy atom. The summed E-state index contributed by atoms with van der Waals surface area (Å²) in [7, 11) is 0. The van der Waals surface area contributed by atoms with Gasteiger partial charge in [0.1, 0.15) is 0 Å². The van der Waals surface area contributed by atoms with E-state index < -0.39 is 6.10 Å². The van der Waals surface area contributed by atoms with Crippen LogP contribution in [-0.2, 0) is 17.9 Å². The van der Waals surface area contributed by atoms with Crippen molar-refractivity contribution in [1.29, 1.82) is 0 Å². The topological polar surface area (TPSA) is 55.8 Å². The lowest BCUT2D eigenvalue weighted by molar-refractivity contribution is -0.126. The van der Waals surface area contributed by atoms with Crippen molar-refractivity contribution in [2.45, 2.75) is 50.5 Å². The highest BCUT2D eigenvalue weighted by Crippen LogP contribution is 2.27. The third kappa shape index (κ3) is 4.81. The van der Waals surface area contributed by atoms with Crippen molar-refractivity contribution in [3.8, 4) is 0 Å². The summed E-state index contributed by atoms with van der Waals surface area (Å²) < 4.78 is 0. The van der Waals surface area contributed by atoms with E-state index in [0.29, 0.717) is 25.6 Å².